The molecule has 1 unspecified atom stereocenters. The average Bonchev–Trinajstić information content (AvgIpc) is 2.51. The van der Waals surface area contributed by atoms with Gasteiger partial charge in [-0.1, -0.05) is 48.5 Å². The molecule has 3 aromatic carbocycles. The van der Waals surface area contributed by atoms with Gasteiger partial charge >= 0.3 is 5.97 Å². The Morgan fingerprint density at radius 2 is 1.43 bits per heavy atom. The minimum Gasteiger partial charge on any atom is -0.480 e. The summed E-state index contributed by atoms with van der Waals surface area (Å²) >= 11 is 0. The highest BCUT2D eigenvalue weighted by Gasteiger charge is 2.17. The van der Waals surface area contributed by atoms with Crippen LogP contribution in [0.5, 0.6) is 0 Å². The second-order valence-corrected chi connectivity index (χ2v) is 5.34. The van der Waals surface area contributed by atoms with Gasteiger partial charge in [0, 0.05) is 0 Å². The molecule has 0 fully saturated rings. The second kappa shape index (κ2) is 5.19. The lowest BCUT2D eigenvalue weighted by atomic mass is 9.89. The first-order valence-corrected chi connectivity index (χ1v) is 6.97. The van der Waals surface area contributed by atoms with Crippen LogP contribution in [0.25, 0.3) is 21.5 Å². The lowest BCUT2D eigenvalue weighted by molar-refractivity contribution is -0.138. The SMILES string of the molecule is Cc1c2ccccc2c(CC(N)C(=O)O)c2ccccc12. The van der Waals surface area contributed by atoms with Crippen LogP contribution in [0.1, 0.15) is 11.1 Å². The molecule has 3 aromatic rings. The van der Waals surface area contributed by atoms with Gasteiger partial charge in [0.1, 0.15) is 6.04 Å². The maximum Gasteiger partial charge on any atom is 0.320 e. The van der Waals surface area contributed by atoms with Gasteiger partial charge in [-0.25, -0.2) is 0 Å². The number of aliphatic carboxylic acids is 1. The predicted molar refractivity (Wildman–Crippen MR) is 85.5 cm³/mol. The van der Waals surface area contributed by atoms with E-state index in [-0.39, 0.29) is 0 Å². The molecule has 0 heterocycles. The lowest BCUT2D eigenvalue weighted by Gasteiger charge is -2.16. The third kappa shape index (κ3) is 2.26. The van der Waals surface area contributed by atoms with E-state index in [1.807, 2.05) is 36.4 Å². The molecule has 3 rings (SSSR count). The van der Waals surface area contributed by atoms with Gasteiger partial charge in [0.2, 0.25) is 0 Å². The first kappa shape index (κ1) is 13.6. The van der Waals surface area contributed by atoms with E-state index in [1.165, 1.54) is 5.56 Å². The number of carbonyl (C=O) groups is 1. The Hall–Kier alpha value is -2.39. The van der Waals surface area contributed by atoms with E-state index < -0.39 is 12.0 Å². The molecule has 0 saturated carbocycles. The largest absolute Gasteiger partial charge is 0.480 e. The van der Waals surface area contributed by atoms with Gasteiger partial charge in [-0.15, -0.1) is 0 Å². The molecule has 21 heavy (non-hydrogen) atoms. The maximum atomic E-state index is 11.1. The first-order valence-electron chi connectivity index (χ1n) is 6.97. The monoisotopic (exact) mass is 279 g/mol. The first-order chi connectivity index (χ1) is 10.1. The van der Waals surface area contributed by atoms with Crippen molar-refractivity contribution in [3.8, 4) is 0 Å². The second-order valence-electron chi connectivity index (χ2n) is 5.34. The summed E-state index contributed by atoms with van der Waals surface area (Å²) in [6.45, 7) is 2.10. The van der Waals surface area contributed by atoms with Crippen molar-refractivity contribution < 1.29 is 9.90 Å². The Balaban J connectivity index is 2.37. The number of carboxylic acids is 1. The molecule has 0 spiro atoms. The Kier molecular flexibility index (Phi) is 3.35. The van der Waals surface area contributed by atoms with Crippen molar-refractivity contribution in [1.29, 1.82) is 0 Å². The minimum atomic E-state index is -0.969. The Labute approximate surface area is 123 Å². The summed E-state index contributed by atoms with van der Waals surface area (Å²) in [5, 5.41) is 13.6. The fourth-order valence-electron chi connectivity index (χ4n) is 2.96. The number of nitrogens with two attached hydrogens (primary N) is 1. The third-order valence-electron chi connectivity index (χ3n) is 4.05. The summed E-state index contributed by atoms with van der Waals surface area (Å²) in [6, 6.07) is 15.3. The van der Waals surface area contributed by atoms with Crippen LogP contribution in [0.3, 0.4) is 0 Å². The molecule has 0 bridgehead atoms. The smallest absolute Gasteiger partial charge is 0.320 e. The van der Waals surface area contributed by atoms with Crippen molar-refractivity contribution in [2.75, 3.05) is 0 Å². The summed E-state index contributed by atoms with van der Waals surface area (Å²) < 4.78 is 0. The van der Waals surface area contributed by atoms with Gasteiger partial charge in [-0.2, -0.15) is 0 Å². The van der Waals surface area contributed by atoms with Gasteiger partial charge in [0.15, 0.2) is 0 Å². The van der Waals surface area contributed by atoms with Gasteiger partial charge in [-0.3, -0.25) is 4.79 Å². The maximum absolute atomic E-state index is 11.1. The predicted octanol–water partition coefficient (Wildman–Crippen LogP) is 3.26. The minimum absolute atomic E-state index is 0.330. The van der Waals surface area contributed by atoms with Crippen molar-refractivity contribution in [3.05, 3.63) is 59.7 Å². The molecule has 0 saturated heterocycles. The molecule has 0 amide bonds. The fourth-order valence-corrected chi connectivity index (χ4v) is 2.96. The number of rotatable bonds is 3. The summed E-state index contributed by atoms with van der Waals surface area (Å²) in [4.78, 5) is 11.1. The highest BCUT2D eigenvalue weighted by atomic mass is 16.4. The van der Waals surface area contributed by atoms with Crippen molar-refractivity contribution in [3.63, 3.8) is 0 Å². The molecule has 0 radical (unpaired) electrons. The topological polar surface area (TPSA) is 63.3 Å². The van der Waals surface area contributed by atoms with Crippen molar-refractivity contribution in [2.24, 2.45) is 5.73 Å². The van der Waals surface area contributed by atoms with E-state index in [9.17, 15) is 4.79 Å². The quantitative estimate of drug-likeness (QED) is 0.723. The van der Waals surface area contributed by atoms with E-state index in [0.717, 1.165) is 27.1 Å². The van der Waals surface area contributed by atoms with Crippen molar-refractivity contribution >= 4 is 27.5 Å². The van der Waals surface area contributed by atoms with Gasteiger partial charge in [-0.05, 0) is 46.0 Å². The highest BCUT2D eigenvalue weighted by Crippen LogP contribution is 2.32. The number of benzene rings is 3. The Morgan fingerprint density at radius 1 is 1.00 bits per heavy atom. The van der Waals surface area contributed by atoms with Crippen LogP contribution in [0, 0.1) is 6.92 Å². The molecule has 3 nitrogen and oxygen atoms in total. The summed E-state index contributed by atoms with van der Waals surface area (Å²) in [5.41, 5.74) is 8.00. The standard InChI is InChI=1S/C18H17NO2/c1-11-12-6-2-4-8-14(12)16(10-17(19)18(20)21)15-9-5-3-7-13(11)15/h2-9,17H,10,19H2,1H3,(H,20,21). The van der Waals surface area contributed by atoms with Crippen LogP contribution < -0.4 is 5.73 Å². The Morgan fingerprint density at radius 3 is 1.86 bits per heavy atom. The summed E-state index contributed by atoms with van der Waals surface area (Å²) in [7, 11) is 0. The number of carboxylic acid groups (broad SMARTS) is 1. The summed E-state index contributed by atoms with van der Waals surface area (Å²) in [6.07, 6.45) is 0.330. The van der Waals surface area contributed by atoms with Crippen molar-refractivity contribution in [1.82, 2.24) is 0 Å². The summed E-state index contributed by atoms with van der Waals surface area (Å²) in [5.74, 6) is -0.969. The fraction of sp³-hybridized carbons (Fsp3) is 0.167. The van der Waals surface area contributed by atoms with Crippen LogP contribution in [-0.4, -0.2) is 17.1 Å². The zero-order valence-corrected chi connectivity index (χ0v) is 11.8. The molecule has 3 N–H and O–H groups in total. The van der Waals surface area contributed by atoms with Gasteiger partial charge < -0.3 is 10.8 Å². The normalized spacial score (nSPS) is 12.7. The third-order valence-corrected chi connectivity index (χ3v) is 4.05. The van der Waals surface area contributed by atoms with Crippen LogP contribution in [0.4, 0.5) is 0 Å². The van der Waals surface area contributed by atoms with Crippen molar-refractivity contribution in [2.45, 2.75) is 19.4 Å². The van der Waals surface area contributed by atoms with E-state index >= 15 is 0 Å². The van der Waals surface area contributed by atoms with Gasteiger partial charge in [0.25, 0.3) is 0 Å². The Bertz CT molecular complexity index is 782. The van der Waals surface area contributed by atoms with E-state index in [1.54, 1.807) is 0 Å². The molecule has 1 atom stereocenters. The molecule has 0 aromatic heterocycles. The number of fused-ring (bicyclic) bond motifs is 2. The molecule has 0 aliphatic rings. The molecule has 0 aliphatic carbocycles. The molecule has 3 heteroatoms. The van der Waals surface area contributed by atoms with Crippen LogP contribution in [0.2, 0.25) is 0 Å². The molecule has 0 aliphatic heterocycles. The van der Waals surface area contributed by atoms with Gasteiger partial charge in [0.05, 0.1) is 0 Å². The van der Waals surface area contributed by atoms with E-state index in [0.29, 0.717) is 6.42 Å². The average molecular weight is 279 g/mol. The number of aryl methyl sites for hydroxylation is 1. The lowest BCUT2D eigenvalue weighted by Crippen LogP contribution is -2.32. The van der Waals surface area contributed by atoms with E-state index in [2.05, 4.69) is 19.1 Å². The van der Waals surface area contributed by atoms with Crippen LogP contribution in [-0.2, 0) is 11.2 Å². The molecular formula is C18H17NO2. The van der Waals surface area contributed by atoms with Crippen LogP contribution >= 0.6 is 0 Å². The number of hydrogen-bond acceptors (Lipinski definition) is 2. The zero-order valence-electron chi connectivity index (χ0n) is 11.8. The van der Waals surface area contributed by atoms with E-state index in [4.69, 9.17) is 10.8 Å². The molecular weight excluding hydrogens is 262 g/mol. The highest BCUT2D eigenvalue weighted by molar-refractivity contribution is 6.05. The zero-order chi connectivity index (χ0) is 15.0. The molecule has 106 valence electrons. The van der Waals surface area contributed by atoms with Crippen LogP contribution in [0.15, 0.2) is 48.5 Å². The number of hydrogen-bond donors (Lipinski definition) is 2.